The number of hydrogen-bond acceptors (Lipinski definition) is 5. The van der Waals surface area contributed by atoms with Crippen LogP contribution < -0.4 is 20.1 Å². The molecule has 1 unspecified atom stereocenters. The van der Waals surface area contributed by atoms with Crippen LogP contribution in [-0.4, -0.2) is 42.5 Å². The van der Waals surface area contributed by atoms with E-state index in [2.05, 4.69) is 10.6 Å². The summed E-state index contributed by atoms with van der Waals surface area (Å²) in [7, 11) is 0. The van der Waals surface area contributed by atoms with Gasteiger partial charge in [-0.1, -0.05) is 30.3 Å². The van der Waals surface area contributed by atoms with Crippen LogP contribution in [0.4, 0.5) is 10.5 Å². The van der Waals surface area contributed by atoms with E-state index in [1.54, 1.807) is 49.4 Å². The molecule has 2 aliphatic rings. The lowest BCUT2D eigenvalue weighted by molar-refractivity contribution is -0.133. The number of carbonyl (C=O) groups excluding carboxylic acids is 3. The Morgan fingerprint density at radius 3 is 2.59 bits per heavy atom. The molecule has 0 bridgehead atoms. The first-order chi connectivity index (χ1) is 14.0. The summed E-state index contributed by atoms with van der Waals surface area (Å²) in [6.45, 7) is 2.35. The highest BCUT2D eigenvalue weighted by molar-refractivity contribution is 6.10. The first kappa shape index (κ1) is 18.8. The van der Waals surface area contributed by atoms with E-state index in [4.69, 9.17) is 9.47 Å². The number of nitrogens with one attached hydrogen (secondary N) is 2. The van der Waals surface area contributed by atoms with Gasteiger partial charge in [0.25, 0.3) is 5.91 Å². The third-order valence-corrected chi connectivity index (χ3v) is 4.96. The Balaban J connectivity index is 1.45. The number of benzene rings is 2. The van der Waals surface area contributed by atoms with E-state index >= 15 is 0 Å². The van der Waals surface area contributed by atoms with Gasteiger partial charge in [0.05, 0.1) is 13.2 Å². The Kier molecular flexibility index (Phi) is 4.84. The second kappa shape index (κ2) is 7.46. The number of amides is 4. The summed E-state index contributed by atoms with van der Waals surface area (Å²) in [6, 6.07) is 13.4. The molecule has 1 fully saturated rings. The van der Waals surface area contributed by atoms with Gasteiger partial charge in [-0.3, -0.25) is 14.5 Å². The van der Waals surface area contributed by atoms with Crippen molar-refractivity contribution < 1.29 is 23.9 Å². The number of ether oxygens (including phenoxy) is 2. The average Bonchev–Trinajstić information content (AvgIpc) is 2.88. The predicted molar refractivity (Wildman–Crippen MR) is 105 cm³/mol. The van der Waals surface area contributed by atoms with Crippen molar-refractivity contribution in [2.45, 2.75) is 18.9 Å². The second-order valence-electron chi connectivity index (χ2n) is 7.07. The molecule has 2 aromatic carbocycles. The molecule has 0 saturated carbocycles. The molecule has 1 atom stereocenters. The van der Waals surface area contributed by atoms with Crippen LogP contribution in [0.25, 0.3) is 0 Å². The summed E-state index contributed by atoms with van der Waals surface area (Å²) in [4.78, 5) is 38.7. The molecule has 0 spiro atoms. The summed E-state index contributed by atoms with van der Waals surface area (Å²) in [5.74, 6) is 0.211. The van der Waals surface area contributed by atoms with Gasteiger partial charge in [-0.05, 0) is 24.6 Å². The molecule has 2 heterocycles. The molecule has 0 radical (unpaired) electrons. The number of fused-ring (bicyclic) bond motifs is 1. The maximum Gasteiger partial charge on any atom is 0.325 e. The SMILES string of the molecule is CC1(c2ccccc2)NC(=O)N(CC(=O)Nc2ccc3c(c2)OCCCO3)C1=O. The first-order valence-corrected chi connectivity index (χ1v) is 9.36. The fourth-order valence-electron chi connectivity index (χ4n) is 3.39. The van der Waals surface area contributed by atoms with Crippen molar-refractivity contribution in [2.75, 3.05) is 25.1 Å². The lowest BCUT2D eigenvalue weighted by atomic mass is 9.92. The minimum Gasteiger partial charge on any atom is -0.490 e. The van der Waals surface area contributed by atoms with Gasteiger partial charge in [-0.2, -0.15) is 0 Å². The summed E-state index contributed by atoms with van der Waals surface area (Å²) < 4.78 is 11.2. The van der Waals surface area contributed by atoms with Crippen molar-refractivity contribution in [3.8, 4) is 11.5 Å². The van der Waals surface area contributed by atoms with Crippen molar-refractivity contribution in [2.24, 2.45) is 0 Å². The van der Waals surface area contributed by atoms with Crippen LogP contribution in [0.3, 0.4) is 0 Å². The molecule has 4 amide bonds. The van der Waals surface area contributed by atoms with E-state index in [0.717, 1.165) is 11.3 Å². The largest absolute Gasteiger partial charge is 0.490 e. The van der Waals surface area contributed by atoms with E-state index in [9.17, 15) is 14.4 Å². The van der Waals surface area contributed by atoms with Crippen molar-refractivity contribution in [1.82, 2.24) is 10.2 Å². The number of imide groups is 1. The van der Waals surface area contributed by atoms with Crippen LogP contribution in [0.2, 0.25) is 0 Å². The summed E-state index contributed by atoms with van der Waals surface area (Å²) in [5, 5.41) is 5.38. The van der Waals surface area contributed by atoms with E-state index in [1.165, 1.54) is 0 Å². The molecule has 0 aliphatic carbocycles. The van der Waals surface area contributed by atoms with E-state index < -0.39 is 23.4 Å². The molecule has 2 aliphatic heterocycles. The maximum absolute atomic E-state index is 12.9. The molecule has 8 heteroatoms. The average molecular weight is 395 g/mol. The highest BCUT2D eigenvalue weighted by Crippen LogP contribution is 2.32. The Hall–Kier alpha value is -3.55. The van der Waals surface area contributed by atoms with Gasteiger partial charge in [0, 0.05) is 18.2 Å². The molecule has 1 saturated heterocycles. The number of hydrogen-bond donors (Lipinski definition) is 2. The zero-order valence-electron chi connectivity index (χ0n) is 15.9. The standard InChI is InChI=1S/C21H21N3O5/c1-21(14-6-3-2-4-7-14)19(26)24(20(27)23-21)13-18(25)22-15-8-9-16-17(12-15)29-11-5-10-28-16/h2-4,6-9,12H,5,10-11,13H2,1H3,(H,22,25)(H,23,27). The second-order valence-corrected chi connectivity index (χ2v) is 7.07. The first-order valence-electron chi connectivity index (χ1n) is 9.36. The molecule has 29 heavy (non-hydrogen) atoms. The fraction of sp³-hybridized carbons (Fsp3) is 0.286. The third-order valence-electron chi connectivity index (χ3n) is 4.96. The number of rotatable bonds is 4. The Morgan fingerprint density at radius 1 is 1.10 bits per heavy atom. The van der Waals surface area contributed by atoms with Crippen LogP contribution in [0.5, 0.6) is 11.5 Å². The highest BCUT2D eigenvalue weighted by Gasteiger charge is 2.49. The van der Waals surface area contributed by atoms with Crippen LogP contribution in [0.15, 0.2) is 48.5 Å². The van der Waals surface area contributed by atoms with Gasteiger partial charge in [-0.25, -0.2) is 4.79 Å². The molecule has 2 N–H and O–H groups in total. The lowest BCUT2D eigenvalue weighted by Gasteiger charge is -2.22. The lowest BCUT2D eigenvalue weighted by Crippen LogP contribution is -2.42. The predicted octanol–water partition coefficient (Wildman–Crippen LogP) is 2.25. The normalized spacial score (nSPS) is 20.8. The Morgan fingerprint density at radius 2 is 1.83 bits per heavy atom. The zero-order chi connectivity index (χ0) is 20.4. The molecule has 4 rings (SSSR count). The third kappa shape index (κ3) is 3.61. The summed E-state index contributed by atoms with van der Waals surface area (Å²) in [5.41, 5.74) is -0.0466. The van der Waals surface area contributed by atoms with Gasteiger partial charge in [-0.15, -0.1) is 0 Å². The van der Waals surface area contributed by atoms with Gasteiger partial charge < -0.3 is 20.1 Å². The number of urea groups is 1. The van der Waals surface area contributed by atoms with E-state index in [1.807, 2.05) is 6.07 Å². The minimum absolute atomic E-state index is 0.387. The summed E-state index contributed by atoms with van der Waals surface area (Å²) in [6.07, 6.45) is 0.780. The zero-order valence-corrected chi connectivity index (χ0v) is 15.9. The quantitative estimate of drug-likeness (QED) is 0.774. The van der Waals surface area contributed by atoms with Crippen LogP contribution in [0, 0.1) is 0 Å². The van der Waals surface area contributed by atoms with Gasteiger partial charge in [0.1, 0.15) is 12.1 Å². The van der Waals surface area contributed by atoms with Gasteiger partial charge >= 0.3 is 6.03 Å². The monoisotopic (exact) mass is 395 g/mol. The smallest absolute Gasteiger partial charge is 0.325 e. The van der Waals surface area contributed by atoms with Crippen LogP contribution in [-0.2, 0) is 15.1 Å². The van der Waals surface area contributed by atoms with Crippen LogP contribution in [0.1, 0.15) is 18.9 Å². The highest BCUT2D eigenvalue weighted by atomic mass is 16.5. The van der Waals surface area contributed by atoms with Crippen molar-refractivity contribution in [3.05, 3.63) is 54.1 Å². The number of anilines is 1. The Bertz CT molecular complexity index is 962. The molecule has 2 aromatic rings. The molecular formula is C21H21N3O5. The number of nitrogens with zero attached hydrogens (tertiary/aromatic N) is 1. The van der Waals surface area contributed by atoms with Gasteiger partial charge in [0.15, 0.2) is 11.5 Å². The van der Waals surface area contributed by atoms with Crippen molar-refractivity contribution in [3.63, 3.8) is 0 Å². The maximum atomic E-state index is 12.9. The summed E-state index contributed by atoms with van der Waals surface area (Å²) >= 11 is 0. The van der Waals surface area contributed by atoms with E-state index in [0.29, 0.717) is 36.0 Å². The fourth-order valence-corrected chi connectivity index (χ4v) is 3.39. The Labute approximate surface area is 167 Å². The van der Waals surface area contributed by atoms with Gasteiger partial charge in [0.2, 0.25) is 5.91 Å². The van der Waals surface area contributed by atoms with Crippen molar-refractivity contribution >= 4 is 23.5 Å². The number of carbonyl (C=O) groups is 3. The molecule has 0 aromatic heterocycles. The molecule has 150 valence electrons. The molecule has 8 nitrogen and oxygen atoms in total. The van der Waals surface area contributed by atoms with Crippen LogP contribution >= 0.6 is 0 Å². The van der Waals surface area contributed by atoms with E-state index in [-0.39, 0.29) is 6.54 Å². The minimum atomic E-state index is -1.20. The molecular weight excluding hydrogens is 374 g/mol. The van der Waals surface area contributed by atoms with Crippen molar-refractivity contribution in [1.29, 1.82) is 0 Å². The topological polar surface area (TPSA) is 97.0 Å².